The number of anilines is 4. The Hall–Kier alpha value is -5.96. The van der Waals surface area contributed by atoms with E-state index in [2.05, 4.69) is 36.6 Å². The van der Waals surface area contributed by atoms with Gasteiger partial charge in [-0.2, -0.15) is 0 Å². The number of amides is 6. The van der Waals surface area contributed by atoms with Crippen LogP contribution in [0.2, 0.25) is 0 Å². The molecule has 0 saturated carbocycles. The largest absolute Gasteiger partial charge is 0.481 e. The number of sulfonamides is 1. The number of carboxylic acids is 2. The Bertz CT molecular complexity index is 1860. The third-order valence-corrected chi connectivity index (χ3v) is 8.68. The third kappa shape index (κ3) is 17.5. The van der Waals surface area contributed by atoms with Crippen LogP contribution in [0.25, 0.3) is 0 Å². The van der Waals surface area contributed by atoms with Crippen LogP contribution in [0.5, 0.6) is 0 Å². The molecule has 0 aliphatic rings. The van der Waals surface area contributed by atoms with Crippen molar-refractivity contribution in [2.75, 3.05) is 73.4 Å². The Morgan fingerprint density at radius 1 is 0.625 bits per heavy atom. The van der Waals surface area contributed by atoms with Crippen molar-refractivity contribution in [3.63, 3.8) is 0 Å². The molecule has 6 amide bonds. The zero-order valence-corrected chi connectivity index (χ0v) is 31.5. The molecule has 0 fully saturated rings. The van der Waals surface area contributed by atoms with E-state index in [1.54, 1.807) is 24.3 Å². The normalized spacial score (nSPS) is 11.4. The molecule has 3 rings (SSSR count). The summed E-state index contributed by atoms with van der Waals surface area (Å²) in [5, 5.41) is 33.8. The van der Waals surface area contributed by atoms with Crippen LogP contribution in [0.4, 0.5) is 37.1 Å². The Balaban J connectivity index is 1.46. The SMILES string of the molecule is CCCNC(=O)Nc1cccc(S(=O)(=O)Nc2cccc([C@H](CC(=O)O)NC(=O)Nc3ccc(NC(=O)NCCOCCOCCOCCC(=O)O)cc3)c2)c1. The minimum Gasteiger partial charge on any atom is -0.481 e. The van der Waals surface area contributed by atoms with E-state index in [1.165, 1.54) is 48.5 Å². The highest BCUT2D eigenvalue weighted by atomic mass is 32.2. The number of nitrogens with one attached hydrogen (secondary N) is 7. The maximum absolute atomic E-state index is 13.2. The summed E-state index contributed by atoms with van der Waals surface area (Å²) in [4.78, 5) is 59.2. The smallest absolute Gasteiger partial charge is 0.319 e. The van der Waals surface area contributed by atoms with Crippen LogP contribution >= 0.6 is 0 Å². The van der Waals surface area contributed by atoms with Gasteiger partial charge in [0.1, 0.15) is 0 Å². The van der Waals surface area contributed by atoms with E-state index >= 15 is 0 Å². The number of urea groups is 3. The van der Waals surface area contributed by atoms with E-state index in [1.807, 2.05) is 6.92 Å². The molecule has 9 N–H and O–H groups in total. The fourth-order valence-electron chi connectivity index (χ4n) is 4.69. The van der Waals surface area contributed by atoms with Gasteiger partial charge >= 0.3 is 30.0 Å². The van der Waals surface area contributed by atoms with Gasteiger partial charge in [-0.3, -0.25) is 14.3 Å². The molecule has 1 atom stereocenters. The molecule has 304 valence electrons. The fraction of sp³-hybridized carbons (Fsp3) is 0.361. The standard InChI is InChI=1S/C36H47N7O12S/c1-2-14-37-34(48)41-28-6-4-8-30(23-28)56(51,52)43-29-7-3-5-25(22-29)31(24-33(46)47)42-36(50)40-27-11-9-26(10-12-27)39-35(49)38-15-17-54-19-21-55-20-18-53-16-13-32(44)45/h3-12,22-23,31,43H,2,13-21,24H2,1H3,(H,44,45)(H,46,47)(H2,37,41,48)(H2,38,39,49)(H2,40,42,50)/t31-/m0/s1. The van der Waals surface area contributed by atoms with Gasteiger partial charge in [0.25, 0.3) is 10.0 Å². The number of benzene rings is 3. The summed E-state index contributed by atoms with van der Waals surface area (Å²) in [5.41, 5.74) is 1.45. The van der Waals surface area contributed by atoms with Crippen LogP contribution in [0.1, 0.15) is 37.8 Å². The molecule has 3 aromatic carbocycles. The second-order valence-electron chi connectivity index (χ2n) is 11.8. The molecular formula is C36H47N7O12S. The van der Waals surface area contributed by atoms with Crippen molar-refractivity contribution in [1.29, 1.82) is 0 Å². The van der Waals surface area contributed by atoms with Gasteiger partial charge in [0.05, 0.1) is 63.4 Å². The summed E-state index contributed by atoms with van der Waals surface area (Å²) >= 11 is 0. The van der Waals surface area contributed by atoms with Gasteiger partial charge in [-0.15, -0.1) is 0 Å². The van der Waals surface area contributed by atoms with Crippen molar-refractivity contribution in [1.82, 2.24) is 16.0 Å². The lowest BCUT2D eigenvalue weighted by atomic mass is 10.0. The highest BCUT2D eigenvalue weighted by molar-refractivity contribution is 7.92. The molecular weight excluding hydrogens is 754 g/mol. The molecule has 0 aliphatic carbocycles. The first kappa shape index (κ1) is 44.4. The van der Waals surface area contributed by atoms with Gasteiger partial charge in [0.2, 0.25) is 0 Å². The molecule has 3 aromatic rings. The Morgan fingerprint density at radius 3 is 1.80 bits per heavy atom. The Morgan fingerprint density at radius 2 is 1.18 bits per heavy atom. The summed E-state index contributed by atoms with van der Waals surface area (Å²) in [7, 11) is -4.14. The Labute approximate surface area is 323 Å². The average Bonchev–Trinajstić information content (AvgIpc) is 3.14. The molecule has 20 heteroatoms. The zero-order valence-electron chi connectivity index (χ0n) is 30.7. The van der Waals surface area contributed by atoms with Gasteiger partial charge in [-0.05, 0) is 66.6 Å². The minimum atomic E-state index is -4.14. The number of aliphatic carboxylic acids is 2. The topological polar surface area (TPSA) is 272 Å². The summed E-state index contributed by atoms with van der Waals surface area (Å²) in [6, 6.07) is 15.0. The molecule has 0 aromatic heterocycles. The second kappa shape index (κ2) is 23.7. The van der Waals surface area contributed by atoms with Crippen molar-refractivity contribution in [3.8, 4) is 0 Å². The Kier molecular flexibility index (Phi) is 18.8. The predicted octanol–water partition coefficient (Wildman–Crippen LogP) is 4.00. The lowest BCUT2D eigenvalue weighted by Crippen LogP contribution is -2.34. The monoisotopic (exact) mass is 801 g/mol. The lowest BCUT2D eigenvalue weighted by molar-refractivity contribution is -0.139. The van der Waals surface area contributed by atoms with E-state index in [0.29, 0.717) is 43.3 Å². The molecule has 0 spiro atoms. The number of rotatable bonds is 24. The van der Waals surface area contributed by atoms with Crippen LogP contribution in [-0.4, -0.2) is 101 Å². The van der Waals surface area contributed by atoms with Crippen molar-refractivity contribution in [2.24, 2.45) is 0 Å². The fourth-order valence-corrected chi connectivity index (χ4v) is 5.79. The quantitative estimate of drug-likeness (QED) is 0.0582. The van der Waals surface area contributed by atoms with Crippen LogP contribution < -0.4 is 36.6 Å². The van der Waals surface area contributed by atoms with Crippen LogP contribution in [-0.2, 0) is 33.8 Å². The summed E-state index contributed by atoms with van der Waals surface area (Å²) in [6.07, 6.45) is 0.148. The van der Waals surface area contributed by atoms with E-state index in [0.717, 1.165) is 6.42 Å². The predicted molar refractivity (Wildman–Crippen MR) is 206 cm³/mol. The second-order valence-corrected chi connectivity index (χ2v) is 13.5. The van der Waals surface area contributed by atoms with E-state index < -0.39 is 52.5 Å². The van der Waals surface area contributed by atoms with Gasteiger partial charge in [-0.1, -0.05) is 25.1 Å². The van der Waals surface area contributed by atoms with Gasteiger partial charge in [0.15, 0.2) is 0 Å². The van der Waals surface area contributed by atoms with E-state index in [9.17, 15) is 37.5 Å². The first-order valence-electron chi connectivity index (χ1n) is 17.5. The number of hydrogen-bond acceptors (Lipinski definition) is 10. The minimum absolute atomic E-state index is 0.0676. The van der Waals surface area contributed by atoms with E-state index in [-0.39, 0.29) is 49.1 Å². The molecule has 0 heterocycles. The van der Waals surface area contributed by atoms with Crippen LogP contribution in [0.3, 0.4) is 0 Å². The molecule has 0 unspecified atom stereocenters. The first-order chi connectivity index (χ1) is 26.8. The van der Waals surface area contributed by atoms with Crippen molar-refractivity contribution >= 4 is 62.8 Å². The van der Waals surface area contributed by atoms with Crippen LogP contribution in [0.15, 0.2) is 77.7 Å². The highest BCUT2D eigenvalue weighted by Gasteiger charge is 2.21. The van der Waals surface area contributed by atoms with Crippen molar-refractivity contribution < 1.29 is 56.8 Å². The first-order valence-corrected chi connectivity index (χ1v) is 19.0. The number of hydrogen-bond donors (Lipinski definition) is 9. The number of carboxylic acid groups (broad SMARTS) is 2. The molecule has 19 nitrogen and oxygen atoms in total. The molecule has 0 radical (unpaired) electrons. The molecule has 0 aliphatic heterocycles. The van der Waals surface area contributed by atoms with Gasteiger partial charge in [0, 0.05) is 35.8 Å². The maximum atomic E-state index is 13.2. The lowest BCUT2D eigenvalue weighted by Gasteiger charge is -2.19. The summed E-state index contributed by atoms with van der Waals surface area (Å²) in [5.74, 6) is -2.14. The number of ether oxygens (including phenoxy) is 3. The molecule has 56 heavy (non-hydrogen) atoms. The van der Waals surface area contributed by atoms with E-state index in [4.69, 9.17) is 19.3 Å². The third-order valence-electron chi connectivity index (χ3n) is 7.30. The summed E-state index contributed by atoms with van der Waals surface area (Å²) in [6.45, 7) is 4.11. The zero-order chi connectivity index (χ0) is 40.8. The van der Waals surface area contributed by atoms with Gasteiger partial charge in [-0.25, -0.2) is 22.8 Å². The highest BCUT2D eigenvalue weighted by Crippen LogP contribution is 2.24. The maximum Gasteiger partial charge on any atom is 0.319 e. The number of carbonyl (C=O) groups excluding carboxylic acids is 3. The van der Waals surface area contributed by atoms with Crippen molar-refractivity contribution in [2.45, 2.75) is 37.1 Å². The molecule has 0 saturated heterocycles. The average molecular weight is 802 g/mol. The molecule has 0 bridgehead atoms. The number of carbonyl (C=O) groups is 5. The van der Waals surface area contributed by atoms with Crippen molar-refractivity contribution in [3.05, 3.63) is 78.4 Å². The van der Waals surface area contributed by atoms with Crippen LogP contribution in [0, 0.1) is 0 Å². The van der Waals surface area contributed by atoms with Gasteiger partial charge < -0.3 is 56.3 Å². The summed E-state index contributed by atoms with van der Waals surface area (Å²) < 4.78 is 44.7.